The highest BCUT2D eigenvalue weighted by molar-refractivity contribution is 8.00. The SMILES string of the molecule is CCOc1cc(CNC(=NC)NCC2CCCS2)ccc1OC(F)F. The van der Waals surface area contributed by atoms with Gasteiger partial charge < -0.3 is 20.1 Å². The number of nitrogens with zero attached hydrogens (tertiary/aromatic N) is 1. The van der Waals surface area contributed by atoms with E-state index in [4.69, 9.17) is 4.74 Å². The first-order chi connectivity index (χ1) is 12.1. The van der Waals surface area contributed by atoms with Crippen LogP contribution >= 0.6 is 11.8 Å². The minimum Gasteiger partial charge on any atom is -0.490 e. The Morgan fingerprint density at radius 3 is 2.84 bits per heavy atom. The smallest absolute Gasteiger partial charge is 0.387 e. The van der Waals surface area contributed by atoms with E-state index >= 15 is 0 Å². The molecule has 1 aromatic rings. The molecule has 8 heteroatoms. The van der Waals surface area contributed by atoms with Crippen LogP contribution in [0.4, 0.5) is 8.78 Å². The summed E-state index contributed by atoms with van der Waals surface area (Å²) >= 11 is 1.99. The van der Waals surface area contributed by atoms with Crippen LogP contribution in [0.15, 0.2) is 23.2 Å². The summed E-state index contributed by atoms with van der Waals surface area (Å²) in [6.07, 6.45) is 2.51. The number of rotatable bonds is 8. The zero-order valence-electron chi connectivity index (χ0n) is 14.6. The quantitative estimate of drug-likeness (QED) is 0.541. The van der Waals surface area contributed by atoms with E-state index in [1.165, 1.54) is 24.7 Å². The molecule has 2 rings (SSSR count). The first-order valence-electron chi connectivity index (χ1n) is 8.39. The number of hydrogen-bond donors (Lipinski definition) is 2. The third-order valence-corrected chi connectivity index (χ3v) is 5.13. The first-order valence-corrected chi connectivity index (χ1v) is 9.44. The lowest BCUT2D eigenvalue weighted by Gasteiger charge is -2.16. The van der Waals surface area contributed by atoms with Crippen LogP contribution < -0.4 is 20.1 Å². The largest absolute Gasteiger partial charge is 0.490 e. The number of benzene rings is 1. The third-order valence-electron chi connectivity index (χ3n) is 3.73. The second-order valence-electron chi connectivity index (χ2n) is 5.53. The molecule has 1 unspecified atom stereocenters. The number of thioether (sulfide) groups is 1. The molecule has 140 valence electrons. The number of halogens is 2. The molecule has 1 atom stereocenters. The highest BCUT2D eigenvalue weighted by Gasteiger charge is 2.16. The summed E-state index contributed by atoms with van der Waals surface area (Å²) in [6.45, 7) is 0.685. The topological polar surface area (TPSA) is 54.9 Å². The van der Waals surface area contributed by atoms with Crippen molar-refractivity contribution in [1.29, 1.82) is 0 Å². The van der Waals surface area contributed by atoms with Crippen molar-refractivity contribution < 1.29 is 18.3 Å². The van der Waals surface area contributed by atoms with Gasteiger partial charge in [-0.15, -0.1) is 0 Å². The van der Waals surface area contributed by atoms with Gasteiger partial charge in [-0.25, -0.2) is 0 Å². The summed E-state index contributed by atoms with van der Waals surface area (Å²) in [5.74, 6) is 2.30. The molecule has 0 saturated carbocycles. The molecule has 5 nitrogen and oxygen atoms in total. The fraction of sp³-hybridized carbons (Fsp3) is 0.588. The molecule has 2 N–H and O–H groups in total. The van der Waals surface area contributed by atoms with Crippen molar-refractivity contribution in [2.75, 3.05) is 26.0 Å². The number of alkyl halides is 2. The second-order valence-corrected chi connectivity index (χ2v) is 6.94. The van der Waals surface area contributed by atoms with E-state index in [2.05, 4.69) is 20.4 Å². The van der Waals surface area contributed by atoms with Gasteiger partial charge in [-0.1, -0.05) is 6.07 Å². The Labute approximate surface area is 151 Å². The summed E-state index contributed by atoms with van der Waals surface area (Å²) in [5, 5.41) is 7.18. The highest BCUT2D eigenvalue weighted by Crippen LogP contribution is 2.30. The van der Waals surface area contributed by atoms with E-state index in [1.807, 2.05) is 11.8 Å². The van der Waals surface area contributed by atoms with Crippen LogP contribution in [0.3, 0.4) is 0 Å². The van der Waals surface area contributed by atoms with Crippen molar-refractivity contribution in [3.8, 4) is 11.5 Å². The maximum atomic E-state index is 12.4. The van der Waals surface area contributed by atoms with E-state index in [1.54, 1.807) is 26.1 Å². The Kier molecular flexibility index (Phi) is 8.11. The molecule has 1 aliphatic rings. The number of ether oxygens (including phenoxy) is 2. The fourth-order valence-corrected chi connectivity index (χ4v) is 3.75. The van der Waals surface area contributed by atoms with Gasteiger partial charge in [-0.2, -0.15) is 20.5 Å². The molecule has 1 aliphatic heterocycles. The van der Waals surface area contributed by atoms with Crippen molar-refractivity contribution in [3.63, 3.8) is 0 Å². The monoisotopic (exact) mass is 373 g/mol. The fourth-order valence-electron chi connectivity index (χ4n) is 2.55. The van der Waals surface area contributed by atoms with Gasteiger partial charge in [-0.05, 0) is 43.2 Å². The average molecular weight is 373 g/mol. The van der Waals surface area contributed by atoms with Crippen molar-refractivity contribution >= 4 is 17.7 Å². The molecule has 1 saturated heterocycles. The van der Waals surface area contributed by atoms with Gasteiger partial charge in [0.25, 0.3) is 0 Å². The normalized spacial score (nSPS) is 17.6. The van der Waals surface area contributed by atoms with Crippen molar-refractivity contribution in [2.45, 2.75) is 38.2 Å². The van der Waals surface area contributed by atoms with E-state index in [9.17, 15) is 8.78 Å². The van der Waals surface area contributed by atoms with Crippen LogP contribution in [0.2, 0.25) is 0 Å². The van der Waals surface area contributed by atoms with Crippen molar-refractivity contribution in [1.82, 2.24) is 10.6 Å². The zero-order chi connectivity index (χ0) is 18.1. The van der Waals surface area contributed by atoms with E-state index < -0.39 is 6.61 Å². The minimum absolute atomic E-state index is 0.0429. The van der Waals surface area contributed by atoms with Gasteiger partial charge in [0.15, 0.2) is 17.5 Å². The summed E-state index contributed by atoms with van der Waals surface area (Å²) in [6, 6.07) is 4.93. The Hall–Kier alpha value is -1.70. The summed E-state index contributed by atoms with van der Waals surface area (Å²) in [5.41, 5.74) is 0.892. The standard InChI is InChI=1S/C17H25F2N3O2S/c1-3-23-15-9-12(6-7-14(15)24-16(18)19)10-21-17(20-2)22-11-13-5-4-8-25-13/h6-7,9,13,16H,3-5,8,10-11H2,1-2H3,(H2,20,21,22). The first kappa shape index (κ1) is 19.6. The maximum absolute atomic E-state index is 12.4. The lowest BCUT2D eigenvalue weighted by Crippen LogP contribution is -2.39. The maximum Gasteiger partial charge on any atom is 0.387 e. The van der Waals surface area contributed by atoms with Gasteiger partial charge in [0.05, 0.1) is 6.61 Å². The van der Waals surface area contributed by atoms with E-state index in [0.717, 1.165) is 18.1 Å². The number of aliphatic imine (C=N–C) groups is 1. The van der Waals surface area contributed by atoms with Gasteiger partial charge in [0.1, 0.15) is 0 Å². The third kappa shape index (κ3) is 6.61. The lowest BCUT2D eigenvalue weighted by atomic mass is 10.2. The molecule has 0 aromatic heterocycles. The molecule has 1 aromatic carbocycles. The van der Waals surface area contributed by atoms with Crippen LogP contribution in [0, 0.1) is 0 Å². The zero-order valence-corrected chi connectivity index (χ0v) is 15.4. The molecule has 0 spiro atoms. The lowest BCUT2D eigenvalue weighted by molar-refractivity contribution is -0.0514. The predicted molar refractivity (Wildman–Crippen MR) is 97.9 cm³/mol. The molecular weight excluding hydrogens is 348 g/mol. The molecular formula is C17H25F2N3O2S. The number of guanidine groups is 1. The van der Waals surface area contributed by atoms with Crippen LogP contribution in [0.5, 0.6) is 11.5 Å². The highest BCUT2D eigenvalue weighted by atomic mass is 32.2. The predicted octanol–water partition coefficient (Wildman–Crippen LogP) is 3.25. The van der Waals surface area contributed by atoms with Gasteiger partial charge in [-0.3, -0.25) is 4.99 Å². The van der Waals surface area contributed by atoms with Crippen LogP contribution in [0.1, 0.15) is 25.3 Å². The molecule has 1 heterocycles. The van der Waals surface area contributed by atoms with Gasteiger partial charge >= 0.3 is 6.61 Å². The van der Waals surface area contributed by atoms with Crippen molar-refractivity contribution in [2.24, 2.45) is 4.99 Å². The minimum atomic E-state index is -2.88. The molecule has 25 heavy (non-hydrogen) atoms. The van der Waals surface area contributed by atoms with E-state index in [0.29, 0.717) is 24.2 Å². The Morgan fingerprint density at radius 1 is 1.36 bits per heavy atom. The second kappa shape index (κ2) is 10.3. The number of hydrogen-bond acceptors (Lipinski definition) is 4. The number of nitrogens with one attached hydrogen (secondary N) is 2. The van der Waals surface area contributed by atoms with Crippen LogP contribution in [-0.2, 0) is 6.54 Å². The van der Waals surface area contributed by atoms with Crippen molar-refractivity contribution in [3.05, 3.63) is 23.8 Å². The van der Waals surface area contributed by atoms with Gasteiger partial charge in [0, 0.05) is 25.4 Å². The molecule has 0 amide bonds. The molecule has 0 aliphatic carbocycles. The van der Waals surface area contributed by atoms with Crippen LogP contribution in [0.25, 0.3) is 0 Å². The Balaban J connectivity index is 1.90. The molecule has 1 fully saturated rings. The Morgan fingerprint density at radius 2 is 2.20 bits per heavy atom. The average Bonchev–Trinajstić information content (AvgIpc) is 3.10. The summed E-state index contributed by atoms with van der Waals surface area (Å²) < 4.78 is 34.7. The summed E-state index contributed by atoms with van der Waals surface area (Å²) in [7, 11) is 1.72. The molecule has 0 bridgehead atoms. The van der Waals surface area contributed by atoms with Gasteiger partial charge in [0.2, 0.25) is 0 Å². The molecule has 0 radical (unpaired) electrons. The summed E-state index contributed by atoms with van der Waals surface area (Å²) in [4.78, 5) is 4.21. The van der Waals surface area contributed by atoms with E-state index in [-0.39, 0.29) is 5.75 Å². The van der Waals surface area contributed by atoms with Crippen LogP contribution in [-0.4, -0.2) is 43.8 Å². The Bertz CT molecular complexity index is 567.